The number of hydrogen-bond acceptors (Lipinski definition) is 14. The number of fused-ring (bicyclic) bond motifs is 2. The number of ether oxygens (including phenoxy) is 2. The molecular formula is C60H42N10O4. The van der Waals surface area contributed by atoms with Crippen LogP contribution in [-0.4, -0.2) is 26.2 Å². The molecule has 0 radical (unpaired) electrons. The van der Waals surface area contributed by atoms with Crippen molar-refractivity contribution in [2.24, 2.45) is 10.2 Å². The van der Waals surface area contributed by atoms with Gasteiger partial charge in [0.05, 0.1) is 36.7 Å². The number of benzene rings is 2. The van der Waals surface area contributed by atoms with Crippen molar-refractivity contribution in [3.05, 3.63) is 175 Å². The van der Waals surface area contributed by atoms with Crippen molar-refractivity contribution < 1.29 is 19.1 Å². The molecule has 0 spiro atoms. The monoisotopic (exact) mass is 966 g/mol. The molecule has 74 heavy (non-hydrogen) atoms. The summed E-state index contributed by atoms with van der Waals surface area (Å²) in [6.45, 7) is 11.3. The Bertz CT molecular complexity index is 3460. The Hall–Kier alpha value is -10.7. The zero-order chi connectivity index (χ0) is 54.0. The summed E-state index contributed by atoms with van der Waals surface area (Å²) in [6, 6.07) is 42.4. The van der Waals surface area contributed by atoms with E-state index in [9.17, 15) is 51.7 Å². The zero-order valence-corrected chi connectivity index (χ0v) is 41.5. The summed E-state index contributed by atoms with van der Waals surface area (Å²) in [4.78, 5) is 26.9. The smallest absolute Gasteiger partial charge is 0.338 e. The SMILES string of the molecule is COC(=O)c1c2cc(C(C)C)cccc-2c(C(=C(C#N)C#N)C(=C(C#N)C#N)c2ccc(N=Nc3ccc(C(=C(C#N)C#N)C(=C(C#N)C#N)c4c5cccc(C(C)C)cc-5c(C(=O)OC)c4C)cc3)cc2)c1C. The topological polar surface area (TPSA) is 268 Å². The first-order valence-electron chi connectivity index (χ1n) is 22.7. The van der Waals surface area contributed by atoms with Gasteiger partial charge in [-0.15, -0.1) is 0 Å². The van der Waals surface area contributed by atoms with E-state index in [4.69, 9.17) is 9.47 Å². The third kappa shape index (κ3) is 9.85. The molecule has 6 rings (SSSR count). The van der Waals surface area contributed by atoms with Crippen molar-refractivity contribution in [3.8, 4) is 70.8 Å². The molecule has 4 aliphatic rings. The second kappa shape index (κ2) is 22.8. The van der Waals surface area contributed by atoms with Crippen molar-refractivity contribution >= 4 is 45.6 Å². The molecule has 0 atom stereocenters. The number of rotatable bonds is 12. The summed E-state index contributed by atoms with van der Waals surface area (Å²) >= 11 is 0. The van der Waals surface area contributed by atoms with Crippen LogP contribution in [-0.2, 0) is 9.47 Å². The second-order valence-corrected chi connectivity index (χ2v) is 17.2. The molecule has 14 nitrogen and oxygen atoms in total. The molecule has 4 aliphatic carbocycles. The summed E-state index contributed by atoms with van der Waals surface area (Å²) in [5.74, 6) is -1.19. The van der Waals surface area contributed by atoms with E-state index in [1.54, 1.807) is 86.6 Å². The van der Waals surface area contributed by atoms with Crippen LogP contribution in [0.2, 0.25) is 0 Å². The van der Waals surface area contributed by atoms with E-state index in [1.165, 1.54) is 14.2 Å². The normalized spacial score (nSPS) is 10.4. The maximum Gasteiger partial charge on any atom is 0.338 e. The fraction of sp³-hybridized carbons (Fsp3) is 0.167. The van der Waals surface area contributed by atoms with E-state index in [0.717, 1.165) is 11.1 Å². The first kappa shape index (κ1) is 52.6. The van der Waals surface area contributed by atoms with Gasteiger partial charge in [-0.3, -0.25) is 0 Å². The first-order valence-corrected chi connectivity index (χ1v) is 22.7. The lowest BCUT2D eigenvalue weighted by Crippen LogP contribution is -2.03. The maximum absolute atomic E-state index is 13.4. The molecule has 0 N–H and O–H groups in total. The van der Waals surface area contributed by atoms with Gasteiger partial charge in [0.25, 0.3) is 0 Å². The van der Waals surface area contributed by atoms with E-state index in [-0.39, 0.29) is 56.4 Å². The molecule has 2 aromatic carbocycles. The van der Waals surface area contributed by atoms with Crippen LogP contribution < -0.4 is 0 Å². The number of allylic oxidation sites excluding steroid dienone is 8. The number of carbonyl (C=O) groups excluding carboxylic acids is 2. The van der Waals surface area contributed by atoms with Crippen molar-refractivity contribution in [1.29, 1.82) is 42.1 Å². The lowest BCUT2D eigenvalue weighted by atomic mass is 9.84. The van der Waals surface area contributed by atoms with Gasteiger partial charge in [0.15, 0.2) is 0 Å². The average Bonchev–Trinajstić information content (AvgIpc) is 3.58. The lowest BCUT2D eigenvalue weighted by Gasteiger charge is -2.16. The molecule has 14 heteroatoms. The second-order valence-electron chi connectivity index (χ2n) is 17.2. The third-order valence-electron chi connectivity index (χ3n) is 12.5. The highest BCUT2D eigenvalue weighted by Crippen LogP contribution is 2.49. The number of carbonyl (C=O) groups is 2. The van der Waals surface area contributed by atoms with Crippen LogP contribution in [0.15, 0.2) is 130 Å². The van der Waals surface area contributed by atoms with E-state index >= 15 is 0 Å². The molecule has 0 unspecified atom stereocenters. The van der Waals surface area contributed by atoms with Crippen LogP contribution in [0.5, 0.6) is 0 Å². The summed E-state index contributed by atoms with van der Waals surface area (Å²) in [5.41, 5.74) is 4.84. The Kier molecular flexibility index (Phi) is 16.2. The molecule has 0 bridgehead atoms. The number of hydrogen-bond donors (Lipinski definition) is 0. The fourth-order valence-corrected chi connectivity index (χ4v) is 8.91. The first-order chi connectivity index (χ1) is 35.6. The minimum absolute atomic E-state index is 0.0304. The number of nitrogens with zero attached hydrogens (tertiary/aromatic N) is 10. The van der Waals surface area contributed by atoms with Crippen LogP contribution >= 0.6 is 0 Å². The summed E-state index contributed by atoms with van der Waals surface area (Å²) in [6.07, 6.45) is 0. The van der Waals surface area contributed by atoms with Gasteiger partial charge in [-0.05, 0) is 129 Å². The fourth-order valence-electron chi connectivity index (χ4n) is 8.91. The van der Waals surface area contributed by atoms with Gasteiger partial charge in [0.1, 0.15) is 70.8 Å². The molecule has 356 valence electrons. The molecule has 0 saturated carbocycles. The van der Waals surface area contributed by atoms with Gasteiger partial charge >= 0.3 is 11.9 Å². The quantitative estimate of drug-likeness (QED) is 0.0479. The average molecular weight is 967 g/mol. The highest BCUT2D eigenvalue weighted by atomic mass is 16.5. The van der Waals surface area contributed by atoms with E-state index in [1.807, 2.05) is 101 Å². The Morgan fingerprint density at radius 1 is 0.419 bits per heavy atom. The molecule has 0 aliphatic heterocycles. The standard InChI is InChI=1S/C60H42N10O4/c1-33(2)39-11-9-13-47-49(23-39)53(59(71)73-7)35(5)51(47)57(43(29-65)30-66)55(41(25-61)26-62)37-15-19-45(20-16-37)69-70-46-21-17-38(18-22-46)56(42(27-63)28-64)58(44(31-67)32-68)52-36(6)54(60(72)74-8)50-24-40(34(3)4)12-10-14-48(50)52/h9-24,33-34H,1-8H3. The van der Waals surface area contributed by atoms with Crippen LogP contribution in [0, 0.1) is 104 Å². The predicted octanol–water partition coefficient (Wildman–Crippen LogP) is 13.4. The molecule has 2 aromatic rings. The number of azo groups is 1. The Balaban J connectivity index is 1.46. The van der Waals surface area contributed by atoms with E-state index < -0.39 is 34.2 Å². The van der Waals surface area contributed by atoms with E-state index in [0.29, 0.717) is 55.9 Å². The largest absolute Gasteiger partial charge is 0.465 e. The predicted molar refractivity (Wildman–Crippen MR) is 276 cm³/mol. The molecule has 0 amide bonds. The number of methoxy groups -OCH3 is 2. The van der Waals surface area contributed by atoms with Crippen molar-refractivity contribution in [2.75, 3.05) is 14.2 Å². The van der Waals surface area contributed by atoms with Gasteiger partial charge in [0.2, 0.25) is 0 Å². The molecule has 0 saturated heterocycles. The summed E-state index contributed by atoms with van der Waals surface area (Å²) in [5, 5.41) is 91.9. The van der Waals surface area contributed by atoms with Gasteiger partial charge < -0.3 is 9.47 Å². The number of esters is 2. The van der Waals surface area contributed by atoms with Gasteiger partial charge in [-0.2, -0.15) is 52.3 Å². The zero-order valence-electron chi connectivity index (χ0n) is 41.5. The van der Waals surface area contributed by atoms with E-state index in [2.05, 4.69) is 10.2 Å². The van der Waals surface area contributed by atoms with Crippen molar-refractivity contribution in [3.63, 3.8) is 0 Å². The summed E-state index contributed by atoms with van der Waals surface area (Å²) < 4.78 is 10.4. The van der Waals surface area contributed by atoms with Crippen molar-refractivity contribution in [2.45, 2.75) is 53.4 Å². The molecule has 0 aromatic heterocycles. The molecular weight excluding hydrogens is 925 g/mol. The molecule has 0 heterocycles. The maximum atomic E-state index is 13.4. The number of nitriles is 8. The van der Waals surface area contributed by atoms with Crippen LogP contribution in [0.25, 0.3) is 44.5 Å². The summed E-state index contributed by atoms with van der Waals surface area (Å²) in [7, 11) is 2.49. The van der Waals surface area contributed by atoms with Crippen LogP contribution in [0.3, 0.4) is 0 Å². The Morgan fingerprint density at radius 3 is 0.986 bits per heavy atom. The highest BCUT2D eigenvalue weighted by Gasteiger charge is 2.34. The van der Waals surface area contributed by atoms with Crippen LogP contribution in [0.1, 0.15) is 105 Å². The molecule has 0 fully saturated rings. The third-order valence-corrected chi connectivity index (χ3v) is 12.5. The van der Waals surface area contributed by atoms with Gasteiger partial charge in [-0.25, -0.2) is 9.59 Å². The van der Waals surface area contributed by atoms with Crippen molar-refractivity contribution in [1.82, 2.24) is 0 Å². The highest BCUT2D eigenvalue weighted by molar-refractivity contribution is 6.18. The minimum Gasteiger partial charge on any atom is -0.465 e. The minimum atomic E-state index is -0.656. The van der Waals surface area contributed by atoms with Gasteiger partial charge in [0, 0.05) is 22.3 Å². The van der Waals surface area contributed by atoms with Gasteiger partial charge in [-0.1, -0.05) is 88.4 Å². The van der Waals surface area contributed by atoms with Crippen LogP contribution in [0.4, 0.5) is 11.4 Å². The lowest BCUT2D eigenvalue weighted by molar-refractivity contribution is 0.0592. The Morgan fingerprint density at radius 2 is 0.716 bits per heavy atom. The Labute approximate surface area is 428 Å².